The normalized spacial score (nSPS) is 16.3. The maximum atomic E-state index is 6.15. The van der Waals surface area contributed by atoms with Crippen molar-refractivity contribution < 1.29 is 4.74 Å². The molecule has 1 saturated heterocycles. The van der Waals surface area contributed by atoms with Crippen molar-refractivity contribution in [3.05, 3.63) is 95.4 Å². The third-order valence-electron chi connectivity index (χ3n) is 5.61. The van der Waals surface area contributed by atoms with Gasteiger partial charge in [-0.2, -0.15) is 0 Å². The second kappa shape index (κ2) is 9.00. The maximum absolute atomic E-state index is 6.15. The van der Waals surface area contributed by atoms with E-state index in [1.807, 2.05) is 47.7 Å². The summed E-state index contributed by atoms with van der Waals surface area (Å²) in [5, 5.41) is 4.87. The molecule has 30 heavy (non-hydrogen) atoms. The van der Waals surface area contributed by atoms with Gasteiger partial charge in [-0.05, 0) is 60.3 Å². The Morgan fingerprint density at radius 3 is 2.53 bits per heavy atom. The Morgan fingerprint density at radius 2 is 1.63 bits per heavy atom. The fraction of sp³-hybridized carbons (Fsp3) is 0.231. The van der Waals surface area contributed by atoms with Crippen molar-refractivity contribution in [1.82, 2.24) is 10.2 Å². The van der Waals surface area contributed by atoms with Gasteiger partial charge in [0.15, 0.2) is 0 Å². The fourth-order valence-corrected chi connectivity index (χ4v) is 5.42. The molecule has 2 heterocycles. The molecule has 3 nitrogen and oxygen atoms in total. The first kappa shape index (κ1) is 19.3. The van der Waals surface area contributed by atoms with Crippen LogP contribution in [0.1, 0.15) is 22.9 Å². The lowest BCUT2D eigenvalue weighted by atomic mass is 10.0. The maximum Gasteiger partial charge on any atom is 0.127 e. The molecule has 1 N–H and O–H groups in total. The van der Waals surface area contributed by atoms with E-state index in [4.69, 9.17) is 4.74 Å². The van der Waals surface area contributed by atoms with Crippen LogP contribution in [0.5, 0.6) is 11.5 Å². The van der Waals surface area contributed by atoms with Gasteiger partial charge in [-0.25, -0.2) is 0 Å². The predicted octanol–water partition coefficient (Wildman–Crippen LogP) is 6.08. The number of nitrogens with one attached hydrogen (secondary N) is 1. The van der Waals surface area contributed by atoms with E-state index < -0.39 is 0 Å². The summed E-state index contributed by atoms with van der Waals surface area (Å²) >= 11 is 1.91. The van der Waals surface area contributed by atoms with Crippen LogP contribution >= 0.6 is 11.3 Å². The van der Waals surface area contributed by atoms with E-state index in [0.29, 0.717) is 0 Å². The Kier molecular flexibility index (Phi) is 5.80. The monoisotopic (exact) mass is 414 g/mol. The molecular weight excluding hydrogens is 388 g/mol. The van der Waals surface area contributed by atoms with Crippen LogP contribution in [-0.4, -0.2) is 31.1 Å². The Labute approximate surface area is 181 Å². The van der Waals surface area contributed by atoms with Crippen LogP contribution in [0.3, 0.4) is 0 Å². The zero-order valence-corrected chi connectivity index (χ0v) is 17.8. The van der Waals surface area contributed by atoms with Crippen LogP contribution in [0.25, 0.3) is 10.1 Å². The SMILES string of the molecule is c1ccc(Oc2cccc(C(c3cc4ccccc4s3)N3CCCNCC3)c2)cc1. The second-order valence-electron chi connectivity index (χ2n) is 7.72. The minimum absolute atomic E-state index is 0.238. The number of thiophene rings is 1. The van der Waals surface area contributed by atoms with Gasteiger partial charge in [0.25, 0.3) is 0 Å². The molecule has 1 aromatic heterocycles. The van der Waals surface area contributed by atoms with Gasteiger partial charge in [0.2, 0.25) is 0 Å². The van der Waals surface area contributed by atoms with Gasteiger partial charge in [0.1, 0.15) is 11.5 Å². The molecule has 0 saturated carbocycles. The zero-order valence-electron chi connectivity index (χ0n) is 17.0. The highest BCUT2D eigenvalue weighted by Gasteiger charge is 2.25. The van der Waals surface area contributed by atoms with Crippen molar-refractivity contribution >= 4 is 21.4 Å². The summed E-state index contributed by atoms with van der Waals surface area (Å²) in [5.74, 6) is 1.75. The van der Waals surface area contributed by atoms with Gasteiger partial charge in [-0.1, -0.05) is 48.5 Å². The molecule has 0 spiro atoms. The molecule has 4 aromatic rings. The van der Waals surface area contributed by atoms with Crippen LogP contribution in [-0.2, 0) is 0 Å². The molecule has 1 atom stereocenters. The van der Waals surface area contributed by atoms with Crippen LogP contribution in [0, 0.1) is 0 Å². The van der Waals surface area contributed by atoms with Gasteiger partial charge in [0.05, 0.1) is 6.04 Å². The van der Waals surface area contributed by atoms with E-state index >= 15 is 0 Å². The second-order valence-corrected chi connectivity index (χ2v) is 8.83. The number of nitrogens with zero attached hydrogens (tertiary/aromatic N) is 1. The summed E-state index contributed by atoms with van der Waals surface area (Å²) in [6.07, 6.45) is 1.17. The van der Waals surface area contributed by atoms with Crippen molar-refractivity contribution in [3.8, 4) is 11.5 Å². The molecule has 1 fully saturated rings. The molecular formula is C26H26N2OS. The Morgan fingerprint density at radius 1 is 0.800 bits per heavy atom. The first-order chi connectivity index (χ1) is 14.9. The largest absolute Gasteiger partial charge is 0.457 e. The van der Waals surface area contributed by atoms with E-state index in [1.54, 1.807) is 0 Å². The Balaban J connectivity index is 1.53. The van der Waals surface area contributed by atoms with Gasteiger partial charge in [0, 0.05) is 29.2 Å². The predicted molar refractivity (Wildman–Crippen MR) is 126 cm³/mol. The van der Waals surface area contributed by atoms with Crippen molar-refractivity contribution in [2.24, 2.45) is 0 Å². The molecule has 4 heteroatoms. The lowest BCUT2D eigenvalue weighted by Crippen LogP contribution is -2.32. The van der Waals surface area contributed by atoms with Crippen molar-refractivity contribution in [3.63, 3.8) is 0 Å². The van der Waals surface area contributed by atoms with Crippen LogP contribution in [0.15, 0.2) is 84.9 Å². The average Bonchev–Trinajstić information content (AvgIpc) is 3.02. The minimum Gasteiger partial charge on any atom is -0.457 e. The third-order valence-corrected chi connectivity index (χ3v) is 6.78. The number of fused-ring (bicyclic) bond motifs is 1. The van der Waals surface area contributed by atoms with Crippen LogP contribution in [0.4, 0.5) is 0 Å². The number of benzene rings is 3. The summed E-state index contributed by atoms with van der Waals surface area (Å²) in [5.41, 5.74) is 1.29. The quantitative estimate of drug-likeness (QED) is 0.428. The van der Waals surface area contributed by atoms with Crippen LogP contribution in [0.2, 0.25) is 0 Å². The summed E-state index contributed by atoms with van der Waals surface area (Å²) in [4.78, 5) is 4.02. The first-order valence-corrected chi connectivity index (χ1v) is 11.4. The Bertz CT molecular complexity index is 1070. The van der Waals surface area contributed by atoms with Gasteiger partial charge in [-0.3, -0.25) is 4.90 Å². The summed E-state index contributed by atoms with van der Waals surface area (Å²) in [7, 11) is 0. The third kappa shape index (κ3) is 4.26. The summed E-state index contributed by atoms with van der Waals surface area (Å²) in [6.45, 7) is 4.26. The average molecular weight is 415 g/mol. The Hall–Kier alpha value is -2.66. The summed E-state index contributed by atoms with van der Waals surface area (Å²) < 4.78 is 7.50. The molecule has 3 aromatic carbocycles. The van der Waals surface area contributed by atoms with Gasteiger partial charge < -0.3 is 10.1 Å². The van der Waals surface area contributed by atoms with E-state index in [-0.39, 0.29) is 6.04 Å². The topological polar surface area (TPSA) is 24.5 Å². The smallest absolute Gasteiger partial charge is 0.127 e. The van der Waals surface area contributed by atoms with Gasteiger partial charge in [-0.15, -0.1) is 11.3 Å². The first-order valence-electron chi connectivity index (χ1n) is 10.6. The molecule has 0 bridgehead atoms. The van der Waals surface area contributed by atoms with Crippen LogP contribution < -0.4 is 10.1 Å². The number of rotatable bonds is 5. The van der Waals surface area contributed by atoms with Crippen molar-refractivity contribution in [2.45, 2.75) is 12.5 Å². The van der Waals surface area contributed by atoms with Crippen molar-refractivity contribution in [1.29, 1.82) is 0 Å². The molecule has 1 aliphatic heterocycles. The standard InChI is InChI=1S/C26H26N2OS/c1-2-10-22(11-3-1)29-23-12-6-9-21(18-23)26(28-16-7-14-27-15-17-28)25-19-20-8-4-5-13-24(20)30-25/h1-6,8-13,18-19,26-27H,7,14-17H2. The highest BCUT2D eigenvalue weighted by Crippen LogP contribution is 2.38. The molecule has 1 unspecified atom stereocenters. The minimum atomic E-state index is 0.238. The van der Waals surface area contributed by atoms with Crippen molar-refractivity contribution in [2.75, 3.05) is 26.2 Å². The highest BCUT2D eigenvalue weighted by atomic mass is 32.1. The number of ether oxygens (including phenoxy) is 1. The molecule has 1 aliphatic rings. The van der Waals surface area contributed by atoms with E-state index in [1.165, 1.54) is 26.9 Å². The lowest BCUT2D eigenvalue weighted by Gasteiger charge is -2.30. The van der Waals surface area contributed by atoms with E-state index in [9.17, 15) is 0 Å². The van der Waals surface area contributed by atoms with E-state index in [0.717, 1.165) is 37.7 Å². The number of hydrogen-bond acceptors (Lipinski definition) is 4. The highest BCUT2D eigenvalue weighted by molar-refractivity contribution is 7.19. The molecule has 0 radical (unpaired) electrons. The van der Waals surface area contributed by atoms with E-state index in [2.05, 4.69) is 58.7 Å². The molecule has 152 valence electrons. The number of hydrogen-bond donors (Lipinski definition) is 1. The molecule has 5 rings (SSSR count). The van der Waals surface area contributed by atoms with Gasteiger partial charge >= 0.3 is 0 Å². The lowest BCUT2D eigenvalue weighted by molar-refractivity contribution is 0.243. The number of para-hydroxylation sites is 1. The zero-order chi connectivity index (χ0) is 20.2. The molecule has 0 amide bonds. The molecule has 0 aliphatic carbocycles. The summed E-state index contributed by atoms with van der Waals surface area (Å²) in [6, 6.07) is 29.9. The fourth-order valence-electron chi connectivity index (χ4n) is 4.19.